The highest BCUT2D eigenvalue weighted by atomic mass is 35.7. The van der Waals surface area contributed by atoms with Crippen molar-refractivity contribution < 1.29 is 12.8 Å². The number of hydrogen-bond acceptors (Lipinski definition) is 2. The van der Waals surface area contributed by atoms with Crippen LogP contribution in [-0.2, 0) is 15.6 Å². The third-order valence-electron chi connectivity index (χ3n) is 2.34. The van der Waals surface area contributed by atoms with E-state index in [1.54, 1.807) is 6.07 Å². The maximum Gasteiger partial charge on any atom is 0.263 e. The Kier molecular flexibility index (Phi) is 2.86. The smallest absolute Gasteiger partial charge is 0.263 e. The Morgan fingerprint density at radius 1 is 1.47 bits per heavy atom. The Labute approximate surface area is 102 Å². The molecule has 2 aromatic rings. The van der Waals surface area contributed by atoms with Crippen molar-refractivity contribution >= 4 is 30.6 Å². The van der Waals surface area contributed by atoms with Crippen molar-refractivity contribution in [1.82, 2.24) is 4.57 Å². The van der Waals surface area contributed by atoms with Crippen molar-refractivity contribution in [2.45, 2.75) is 11.4 Å². The zero-order valence-corrected chi connectivity index (χ0v) is 10.1. The van der Waals surface area contributed by atoms with E-state index in [1.807, 2.05) is 0 Å². The molecule has 0 spiro atoms. The quantitative estimate of drug-likeness (QED) is 0.621. The van der Waals surface area contributed by atoms with E-state index in [4.69, 9.17) is 17.1 Å². The first-order valence-electron chi connectivity index (χ1n) is 4.60. The van der Waals surface area contributed by atoms with Crippen LogP contribution in [-0.4, -0.2) is 13.0 Å². The summed E-state index contributed by atoms with van der Waals surface area (Å²) >= 11 is 0. The Morgan fingerprint density at radius 2 is 2.18 bits per heavy atom. The van der Waals surface area contributed by atoms with Gasteiger partial charge in [0.1, 0.15) is 10.7 Å². The molecular formula is C11H7ClFNO2S. The summed E-state index contributed by atoms with van der Waals surface area (Å²) in [6, 6.07) is 4.24. The standard InChI is InChI=1S/C11H7ClFNO2S/c1-2-6-14-7-10(17(12,15)16)11-8(13)4-3-5-9(11)14/h1,3-5,7H,6H2. The van der Waals surface area contributed by atoms with Crippen molar-refractivity contribution in [2.75, 3.05) is 0 Å². The minimum atomic E-state index is -4.01. The molecule has 0 aliphatic rings. The van der Waals surface area contributed by atoms with E-state index in [0.717, 1.165) is 0 Å². The molecule has 3 nitrogen and oxygen atoms in total. The molecule has 0 aliphatic heterocycles. The van der Waals surface area contributed by atoms with Gasteiger partial charge in [-0.3, -0.25) is 0 Å². The second kappa shape index (κ2) is 4.06. The van der Waals surface area contributed by atoms with Crippen LogP contribution in [0, 0.1) is 18.2 Å². The predicted molar refractivity (Wildman–Crippen MR) is 63.8 cm³/mol. The Morgan fingerprint density at radius 3 is 2.76 bits per heavy atom. The van der Waals surface area contributed by atoms with Gasteiger partial charge in [-0.2, -0.15) is 0 Å². The fraction of sp³-hybridized carbons (Fsp3) is 0.0909. The molecule has 6 heteroatoms. The van der Waals surface area contributed by atoms with Gasteiger partial charge < -0.3 is 4.57 Å². The lowest BCUT2D eigenvalue weighted by Gasteiger charge is -1.98. The Balaban J connectivity index is 2.92. The molecule has 1 aromatic carbocycles. The highest BCUT2D eigenvalue weighted by molar-refractivity contribution is 8.14. The molecule has 0 amide bonds. The van der Waals surface area contributed by atoms with Crippen LogP contribution >= 0.6 is 10.7 Å². The zero-order chi connectivity index (χ0) is 12.6. The van der Waals surface area contributed by atoms with Gasteiger partial charge in [0, 0.05) is 16.9 Å². The summed E-state index contributed by atoms with van der Waals surface area (Å²) in [7, 11) is 1.26. The minimum absolute atomic E-state index is 0.0299. The molecule has 0 radical (unpaired) electrons. The van der Waals surface area contributed by atoms with Crippen molar-refractivity contribution in [3.8, 4) is 12.3 Å². The summed E-state index contributed by atoms with van der Waals surface area (Å²) < 4.78 is 37.8. The number of halogens is 2. The topological polar surface area (TPSA) is 39.1 Å². The number of benzene rings is 1. The van der Waals surface area contributed by atoms with Crippen molar-refractivity contribution in [1.29, 1.82) is 0 Å². The third-order valence-corrected chi connectivity index (χ3v) is 3.68. The van der Waals surface area contributed by atoms with Gasteiger partial charge in [-0.25, -0.2) is 12.8 Å². The molecule has 0 saturated heterocycles. The molecule has 88 valence electrons. The summed E-state index contributed by atoms with van der Waals surface area (Å²) in [6.45, 7) is 0.145. The predicted octanol–water partition coefficient (Wildman–Crippen LogP) is 2.34. The third kappa shape index (κ3) is 2.02. The number of terminal acetylenes is 1. The van der Waals surface area contributed by atoms with E-state index in [0.29, 0.717) is 5.52 Å². The second-order valence-corrected chi connectivity index (χ2v) is 5.93. The van der Waals surface area contributed by atoms with E-state index in [2.05, 4.69) is 5.92 Å². The second-order valence-electron chi connectivity index (χ2n) is 3.40. The summed E-state index contributed by atoms with van der Waals surface area (Å²) in [5.74, 6) is 1.72. The van der Waals surface area contributed by atoms with Crippen LogP contribution in [0.4, 0.5) is 4.39 Å². The van der Waals surface area contributed by atoms with Crippen LogP contribution in [0.1, 0.15) is 0 Å². The van der Waals surface area contributed by atoms with E-state index in [-0.39, 0.29) is 16.8 Å². The van der Waals surface area contributed by atoms with Gasteiger partial charge in [0.25, 0.3) is 9.05 Å². The number of rotatable bonds is 2. The molecule has 0 atom stereocenters. The van der Waals surface area contributed by atoms with Crippen LogP contribution < -0.4 is 0 Å². The fourth-order valence-electron chi connectivity index (χ4n) is 1.69. The van der Waals surface area contributed by atoms with Crippen LogP contribution in [0.5, 0.6) is 0 Å². The van der Waals surface area contributed by atoms with E-state index < -0.39 is 14.9 Å². The lowest BCUT2D eigenvalue weighted by molar-refractivity contribution is 0.607. The summed E-state index contributed by atoms with van der Waals surface area (Å²) in [5.41, 5.74) is 0.405. The van der Waals surface area contributed by atoms with Gasteiger partial charge in [0.15, 0.2) is 0 Å². The SMILES string of the molecule is C#CCn1cc(S(=O)(=O)Cl)c2c(F)cccc21. The largest absolute Gasteiger partial charge is 0.334 e. The van der Waals surface area contributed by atoms with Gasteiger partial charge >= 0.3 is 0 Å². The molecule has 1 aromatic heterocycles. The highest BCUT2D eigenvalue weighted by Crippen LogP contribution is 2.29. The first-order valence-corrected chi connectivity index (χ1v) is 6.91. The summed E-state index contributed by atoms with van der Waals surface area (Å²) in [4.78, 5) is -0.262. The van der Waals surface area contributed by atoms with Crippen LogP contribution in [0.15, 0.2) is 29.3 Å². The molecule has 1 heterocycles. The highest BCUT2D eigenvalue weighted by Gasteiger charge is 2.21. The monoisotopic (exact) mass is 271 g/mol. The maximum absolute atomic E-state index is 13.6. The molecule has 0 unspecified atom stereocenters. The van der Waals surface area contributed by atoms with Crippen molar-refractivity contribution in [3.05, 3.63) is 30.2 Å². The van der Waals surface area contributed by atoms with Gasteiger partial charge in [-0.15, -0.1) is 6.42 Å². The molecule has 0 fully saturated rings. The number of aromatic nitrogens is 1. The maximum atomic E-state index is 13.6. The van der Waals surface area contributed by atoms with Gasteiger partial charge in [-0.1, -0.05) is 12.0 Å². The lowest BCUT2D eigenvalue weighted by atomic mass is 10.2. The van der Waals surface area contributed by atoms with Gasteiger partial charge in [-0.05, 0) is 12.1 Å². The lowest BCUT2D eigenvalue weighted by Crippen LogP contribution is -1.92. The molecule has 2 rings (SSSR count). The normalized spacial score (nSPS) is 11.6. The summed E-state index contributed by atoms with van der Waals surface area (Å²) in [6.07, 6.45) is 6.41. The average Bonchev–Trinajstić information content (AvgIpc) is 2.59. The number of nitrogens with zero attached hydrogens (tertiary/aromatic N) is 1. The van der Waals surface area contributed by atoms with Gasteiger partial charge in [0.2, 0.25) is 0 Å². The van der Waals surface area contributed by atoms with Crippen LogP contribution in [0.2, 0.25) is 0 Å². The van der Waals surface area contributed by atoms with Crippen LogP contribution in [0.3, 0.4) is 0 Å². The zero-order valence-electron chi connectivity index (χ0n) is 8.52. The fourth-order valence-corrected chi connectivity index (χ4v) is 2.74. The molecule has 17 heavy (non-hydrogen) atoms. The minimum Gasteiger partial charge on any atom is -0.334 e. The van der Waals surface area contributed by atoms with Crippen molar-refractivity contribution in [3.63, 3.8) is 0 Å². The molecule has 0 N–H and O–H groups in total. The van der Waals surface area contributed by atoms with Crippen LogP contribution in [0.25, 0.3) is 10.9 Å². The first kappa shape index (κ1) is 12.0. The van der Waals surface area contributed by atoms with Gasteiger partial charge in [0.05, 0.1) is 17.4 Å². The van der Waals surface area contributed by atoms with E-state index in [9.17, 15) is 12.8 Å². The van der Waals surface area contributed by atoms with E-state index in [1.165, 1.54) is 22.9 Å². The molecular weight excluding hydrogens is 265 g/mol. The van der Waals surface area contributed by atoms with Crippen molar-refractivity contribution in [2.24, 2.45) is 0 Å². The molecule has 0 aliphatic carbocycles. The average molecular weight is 272 g/mol. The number of fused-ring (bicyclic) bond motifs is 1. The molecule has 0 bridgehead atoms. The Bertz CT molecular complexity index is 728. The van der Waals surface area contributed by atoms with E-state index >= 15 is 0 Å². The molecule has 0 saturated carbocycles. The summed E-state index contributed by atoms with van der Waals surface area (Å²) in [5, 5.41) is -0.0299. The Hall–Kier alpha value is -1.51. The first-order chi connectivity index (χ1) is 7.95. The number of hydrogen-bond donors (Lipinski definition) is 0.